The van der Waals surface area contributed by atoms with Crippen molar-refractivity contribution < 1.29 is 19.7 Å². The van der Waals surface area contributed by atoms with Crippen LogP contribution in [0.3, 0.4) is 0 Å². The number of nitrogen functional groups attached to an aromatic ring is 1. The SMILES string of the molecule is CC1COC(CO)CN1c1ccc(C(=O)O)cc1N. The number of aromatic carboxylic acids is 1. The van der Waals surface area contributed by atoms with Gasteiger partial charge in [-0.1, -0.05) is 0 Å². The molecule has 104 valence electrons. The van der Waals surface area contributed by atoms with E-state index in [1.54, 1.807) is 6.07 Å². The van der Waals surface area contributed by atoms with Crippen LogP contribution in [-0.2, 0) is 4.74 Å². The van der Waals surface area contributed by atoms with Gasteiger partial charge in [-0.15, -0.1) is 0 Å². The van der Waals surface area contributed by atoms with Gasteiger partial charge in [-0.3, -0.25) is 0 Å². The Morgan fingerprint density at radius 1 is 1.58 bits per heavy atom. The van der Waals surface area contributed by atoms with Crippen molar-refractivity contribution in [3.05, 3.63) is 23.8 Å². The Hall–Kier alpha value is -1.79. The molecule has 1 aliphatic heterocycles. The van der Waals surface area contributed by atoms with Gasteiger partial charge in [0, 0.05) is 12.6 Å². The van der Waals surface area contributed by atoms with Gasteiger partial charge in [0.2, 0.25) is 0 Å². The van der Waals surface area contributed by atoms with E-state index in [1.807, 2.05) is 11.8 Å². The Labute approximate surface area is 111 Å². The number of carboxylic acid groups (broad SMARTS) is 1. The summed E-state index contributed by atoms with van der Waals surface area (Å²) in [5.74, 6) is -0.999. The fourth-order valence-electron chi connectivity index (χ4n) is 2.21. The highest BCUT2D eigenvalue weighted by Crippen LogP contribution is 2.28. The van der Waals surface area contributed by atoms with Crippen molar-refractivity contribution in [1.82, 2.24) is 0 Å². The van der Waals surface area contributed by atoms with Crippen molar-refractivity contribution in [3.8, 4) is 0 Å². The maximum Gasteiger partial charge on any atom is 0.335 e. The van der Waals surface area contributed by atoms with E-state index in [0.717, 1.165) is 5.69 Å². The van der Waals surface area contributed by atoms with Crippen LogP contribution in [0.5, 0.6) is 0 Å². The highest BCUT2D eigenvalue weighted by molar-refractivity contribution is 5.90. The second-order valence-corrected chi connectivity index (χ2v) is 4.72. The molecule has 0 bridgehead atoms. The molecule has 1 aromatic carbocycles. The molecule has 6 heteroatoms. The molecule has 1 saturated heterocycles. The number of rotatable bonds is 3. The van der Waals surface area contributed by atoms with Crippen LogP contribution in [0, 0.1) is 0 Å². The standard InChI is InChI=1S/C13H18N2O4/c1-8-7-19-10(6-16)5-15(8)12-3-2-9(13(17)18)4-11(12)14/h2-4,8,10,16H,5-7,14H2,1H3,(H,17,18). The molecular weight excluding hydrogens is 248 g/mol. The first-order valence-corrected chi connectivity index (χ1v) is 6.15. The summed E-state index contributed by atoms with van der Waals surface area (Å²) in [4.78, 5) is 12.9. The quantitative estimate of drug-likeness (QED) is 0.692. The molecule has 0 aliphatic carbocycles. The zero-order chi connectivity index (χ0) is 14.0. The molecule has 0 radical (unpaired) electrons. The molecule has 2 rings (SSSR count). The number of carbonyl (C=O) groups is 1. The van der Waals surface area contributed by atoms with E-state index in [1.165, 1.54) is 12.1 Å². The van der Waals surface area contributed by atoms with Gasteiger partial charge in [0.15, 0.2) is 0 Å². The zero-order valence-corrected chi connectivity index (χ0v) is 10.7. The molecule has 1 aromatic rings. The molecule has 0 aromatic heterocycles. The third-order valence-corrected chi connectivity index (χ3v) is 3.29. The van der Waals surface area contributed by atoms with Crippen LogP contribution >= 0.6 is 0 Å². The molecule has 0 spiro atoms. The van der Waals surface area contributed by atoms with Crippen LogP contribution in [0.1, 0.15) is 17.3 Å². The first-order chi connectivity index (χ1) is 9.02. The van der Waals surface area contributed by atoms with Crippen molar-refractivity contribution in [2.45, 2.75) is 19.1 Å². The van der Waals surface area contributed by atoms with Gasteiger partial charge in [-0.25, -0.2) is 4.79 Å². The highest BCUT2D eigenvalue weighted by atomic mass is 16.5. The van der Waals surface area contributed by atoms with Gasteiger partial charge < -0.3 is 25.6 Å². The average Bonchev–Trinajstić information content (AvgIpc) is 2.39. The lowest BCUT2D eigenvalue weighted by molar-refractivity contribution is -0.0102. The largest absolute Gasteiger partial charge is 0.478 e. The normalized spacial score (nSPS) is 23.4. The third-order valence-electron chi connectivity index (χ3n) is 3.29. The predicted octanol–water partition coefficient (Wildman–Crippen LogP) is 0.553. The molecule has 0 saturated carbocycles. The second kappa shape index (κ2) is 5.46. The number of benzene rings is 1. The maximum absolute atomic E-state index is 10.9. The number of ether oxygens (including phenoxy) is 1. The Bertz CT molecular complexity index is 478. The fraction of sp³-hybridized carbons (Fsp3) is 0.462. The number of aliphatic hydroxyl groups excluding tert-OH is 1. The Morgan fingerprint density at radius 3 is 2.89 bits per heavy atom. The zero-order valence-electron chi connectivity index (χ0n) is 10.7. The van der Waals surface area contributed by atoms with Crippen molar-refractivity contribution >= 4 is 17.3 Å². The first kappa shape index (κ1) is 13.6. The maximum atomic E-state index is 10.9. The number of hydrogen-bond donors (Lipinski definition) is 3. The van der Waals surface area contributed by atoms with Crippen molar-refractivity contribution in [1.29, 1.82) is 0 Å². The Morgan fingerprint density at radius 2 is 2.32 bits per heavy atom. The summed E-state index contributed by atoms with van der Waals surface area (Å²) in [5.41, 5.74) is 7.30. The molecule has 0 amide bonds. The topological polar surface area (TPSA) is 96.0 Å². The van der Waals surface area contributed by atoms with Crippen LogP contribution in [-0.4, -0.2) is 48.1 Å². The van der Waals surface area contributed by atoms with Crippen molar-refractivity contribution in [3.63, 3.8) is 0 Å². The van der Waals surface area contributed by atoms with E-state index in [4.69, 9.17) is 20.7 Å². The van der Waals surface area contributed by atoms with Crippen molar-refractivity contribution in [2.75, 3.05) is 30.4 Å². The number of morpholine rings is 1. The highest BCUT2D eigenvalue weighted by Gasteiger charge is 2.27. The van der Waals surface area contributed by atoms with E-state index in [9.17, 15) is 4.79 Å². The minimum absolute atomic E-state index is 0.0453. The van der Waals surface area contributed by atoms with Crippen LogP contribution in [0.2, 0.25) is 0 Å². The number of aliphatic hydroxyl groups is 1. The van der Waals surface area contributed by atoms with E-state index in [0.29, 0.717) is 18.8 Å². The summed E-state index contributed by atoms with van der Waals surface area (Å²) in [6.07, 6.45) is -0.241. The van der Waals surface area contributed by atoms with Gasteiger partial charge in [-0.05, 0) is 25.1 Å². The second-order valence-electron chi connectivity index (χ2n) is 4.72. The van der Waals surface area contributed by atoms with Crippen molar-refractivity contribution in [2.24, 2.45) is 0 Å². The van der Waals surface area contributed by atoms with E-state index in [-0.39, 0.29) is 24.3 Å². The molecular formula is C13H18N2O4. The van der Waals surface area contributed by atoms with E-state index in [2.05, 4.69) is 0 Å². The van der Waals surface area contributed by atoms with Crippen LogP contribution in [0.15, 0.2) is 18.2 Å². The molecule has 19 heavy (non-hydrogen) atoms. The monoisotopic (exact) mass is 266 g/mol. The molecule has 6 nitrogen and oxygen atoms in total. The van der Waals surface area contributed by atoms with Crippen LogP contribution in [0.4, 0.5) is 11.4 Å². The molecule has 2 unspecified atom stereocenters. The van der Waals surface area contributed by atoms with Gasteiger partial charge in [0.05, 0.1) is 36.3 Å². The number of anilines is 2. The third kappa shape index (κ3) is 2.80. The summed E-state index contributed by atoms with van der Waals surface area (Å²) in [6.45, 7) is 2.99. The number of nitrogens with two attached hydrogens (primary N) is 1. The summed E-state index contributed by atoms with van der Waals surface area (Å²) in [6, 6.07) is 4.81. The van der Waals surface area contributed by atoms with Crippen LogP contribution in [0.25, 0.3) is 0 Å². The van der Waals surface area contributed by atoms with Gasteiger partial charge in [0.1, 0.15) is 0 Å². The van der Waals surface area contributed by atoms with Gasteiger partial charge >= 0.3 is 5.97 Å². The molecule has 1 aliphatic rings. The number of carboxylic acids is 1. The number of hydrogen-bond acceptors (Lipinski definition) is 5. The summed E-state index contributed by atoms with van der Waals surface area (Å²) in [7, 11) is 0. The Balaban J connectivity index is 2.27. The van der Waals surface area contributed by atoms with Crippen LogP contribution < -0.4 is 10.6 Å². The van der Waals surface area contributed by atoms with E-state index < -0.39 is 5.97 Å². The molecule has 1 heterocycles. The Kier molecular flexibility index (Phi) is 3.92. The minimum atomic E-state index is -0.999. The van der Waals surface area contributed by atoms with E-state index >= 15 is 0 Å². The summed E-state index contributed by atoms with van der Waals surface area (Å²) in [5, 5.41) is 18.1. The predicted molar refractivity (Wildman–Crippen MR) is 71.4 cm³/mol. The van der Waals surface area contributed by atoms with Gasteiger partial charge in [0.25, 0.3) is 0 Å². The number of nitrogens with zero attached hydrogens (tertiary/aromatic N) is 1. The van der Waals surface area contributed by atoms with Gasteiger partial charge in [-0.2, -0.15) is 0 Å². The fourth-order valence-corrected chi connectivity index (χ4v) is 2.21. The summed E-state index contributed by atoms with van der Waals surface area (Å²) >= 11 is 0. The first-order valence-electron chi connectivity index (χ1n) is 6.15. The molecule has 2 atom stereocenters. The lowest BCUT2D eigenvalue weighted by Gasteiger charge is -2.39. The average molecular weight is 266 g/mol. The minimum Gasteiger partial charge on any atom is -0.478 e. The lowest BCUT2D eigenvalue weighted by Crippen LogP contribution is -2.49. The smallest absolute Gasteiger partial charge is 0.335 e. The molecule has 1 fully saturated rings. The lowest BCUT2D eigenvalue weighted by atomic mass is 10.1. The molecule has 4 N–H and O–H groups in total. The summed E-state index contributed by atoms with van der Waals surface area (Å²) < 4.78 is 5.47.